The molecule has 0 unspecified atom stereocenters. The summed E-state index contributed by atoms with van der Waals surface area (Å²) < 4.78 is 0. The summed E-state index contributed by atoms with van der Waals surface area (Å²) in [7, 11) is 0. The number of hydrogen-bond donors (Lipinski definition) is 1. The summed E-state index contributed by atoms with van der Waals surface area (Å²) in [5.41, 5.74) is 4.54. The van der Waals surface area contributed by atoms with Gasteiger partial charge < -0.3 is 4.89 Å². The molecule has 0 aromatic heterocycles. The van der Waals surface area contributed by atoms with E-state index in [4.69, 9.17) is 5.26 Å². The van der Waals surface area contributed by atoms with Crippen molar-refractivity contribution < 1.29 is 10.1 Å². The van der Waals surface area contributed by atoms with Crippen LogP contribution in [0.1, 0.15) is 42.0 Å². The van der Waals surface area contributed by atoms with Crippen molar-refractivity contribution in [3.05, 3.63) is 28.3 Å². The van der Waals surface area contributed by atoms with Crippen molar-refractivity contribution in [3.63, 3.8) is 0 Å². The second-order valence-corrected chi connectivity index (χ2v) is 4.12. The van der Waals surface area contributed by atoms with Gasteiger partial charge in [0.1, 0.15) is 0 Å². The van der Waals surface area contributed by atoms with Crippen molar-refractivity contribution in [3.8, 4) is 5.75 Å². The van der Waals surface area contributed by atoms with Crippen LogP contribution in [0.2, 0.25) is 0 Å². The molecule has 2 heteroatoms. The third-order valence-electron chi connectivity index (χ3n) is 2.63. The van der Waals surface area contributed by atoms with Gasteiger partial charge in [0, 0.05) is 0 Å². The van der Waals surface area contributed by atoms with Crippen molar-refractivity contribution in [2.75, 3.05) is 0 Å². The van der Waals surface area contributed by atoms with E-state index in [2.05, 4.69) is 25.7 Å². The first kappa shape index (κ1) is 11.1. The zero-order valence-electron chi connectivity index (χ0n) is 9.51. The van der Waals surface area contributed by atoms with Crippen LogP contribution in [0.5, 0.6) is 5.75 Å². The standard InChI is InChI=1S/C12H18O2/c1-7(2)11-8(3)6-9(4)12(14-13)10(11)5/h6-7,13H,1-5H3. The van der Waals surface area contributed by atoms with Gasteiger partial charge in [0.15, 0.2) is 5.75 Å². The Morgan fingerprint density at radius 1 is 1.14 bits per heavy atom. The molecule has 1 aromatic carbocycles. The average molecular weight is 194 g/mol. The molecule has 0 saturated carbocycles. The van der Waals surface area contributed by atoms with Gasteiger partial charge >= 0.3 is 0 Å². The summed E-state index contributed by atoms with van der Waals surface area (Å²) >= 11 is 0. The number of aryl methyl sites for hydroxylation is 2. The maximum Gasteiger partial charge on any atom is 0.171 e. The molecule has 78 valence electrons. The molecular weight excluding hydrogens is 176 g/mol. The fraction of sp³-hybridized carbons (Fsp3) is 0.500. The van der Waals surface area contributed by atoms with Gasteiger partial charge in [-0.2, -0.15) is 0 Å². The monoisotopic (exact) mass is 194 g/mol. The first-order chi connectivity index (χ1) is 6.49. The van der Waals surface area contributed by atoms with Gasteiger partial charge in [0.05, 0.1) is 0 Å². The highest BCUT2D eigenvalue weighted by molar-refractivity contribution is 5.50. The molecule has 0 amide bonds. The van der Waals surface area contributed by atoms with Crippen LogP contribution in [0, 0.1) is 20.8 Å². The second kappa shape index (κ2) is 4.01. The van der Waals surface area contributed by atoms with E-state index in [1.165, 1.54) is 11.1 Å². The summed E-state index contributed by atoms with van der Waals surface area (Å²) in [6.45, 7) is 10.3. The molecule has 0 radical (unpaired) electrons. The van der Waals surface area contributed by atoms with Crippen LogP contribution >= 0.6 is 0 Å². The van der Waals surface area contributed by atoms with Gasteiger partial charge in [-0.05, 0) is 48.9 Å². The Morgan fingerprint density at radius 3 is 2.14 bits per heavy atom. The van der Waals surface area contributed by atoms with Crippen molar-refractivity contribution in [1.29, 1.82) is 0 Å². The Kier molecular flexibility index (Phi) is 3.17. The molecule has 1 N–H and O–H groups in total. The number of hydrogen-bond acceptors (Lipinski definition) is 2. The molecule has 0 spiro atoms. The fourth-order valence-electron chi connectivity index (χ4n) is 2.21. The highest BCUT2D eigenvalue weighted by Gasteiger charge is 2.14. The van der Waals surface area contributed by atoms with E-state index in [9.17, 15) is 0 Å². The van der Waals surface area contributed by atoms with Crippen LogP contribution in [-0.4, -0.2) is 5.26 Å². The zero-order chi connectivity index (χ0) is 10.9. The van der Waals surface area contributed by atoms with E-state index >= 15 is 0 Å². The lowest BCUT2D eigenvalue weighted by Crippen LogP contribution is -2.01. The van der Waals surface area contributed by atoms with Crippen molar-refractivity contribution >= 4 is 0 Å². The van der Waals surface area contributed by atoms with Gasteiger partial charge in [0.25, 0.3) is 0 Å². The van der Waals surface area contributed by atoms with Crippen LogP contribution in [0.4, 0.5) is 0 Å². The first-order valence-electron chi connectivity index (χ1n) is 4.91. The number of rotatable bonds is 2. The summed E-state index contributed by atoms with van der Waals surface area (Å²) in [5, 5.41) is 8.80. The Bertz CT molecular complexity index is 341. The van der Waals surface area contributed by atoms with Crippen molar-refractivity contribution in [2.45, 2.75) is 40.5 Å². The maximum atomic E-state index is 8.80. The largest absolute Gasteiger partial charge is 0.340 e. The summed E-state index contributed by atoms with van der Waals surface area (Å²) in [4.78, 5) is 4.42. The maximum absolute atomic E-state index is 8.80. The molecule has 14 heavy (non-hydrogen) atoms. The molecule has 0 aliphatic rings. The minimum atomic E-state index is 0.449. The molecule has 0 bridgehead atoms. The lowest BCUT2D eigenvalue weighted by Gasteiger charge is -2.17. The summed E-state index contributed by atoms with van der Waals surface area (Å²) in [6, 6.07) is 2.05. The Hall–Kier alpha value is -1.02. The zero-order valence-corrected chi connectivity index (χ0v) is 9.51. The lowest BCUT2D eigenvalue weighted by molar-refractivity contribution is -0.138. The SMILES string of the molecule is Cc1cc(C)c(C(C)C)c(C)c1OO. The third kappa shape index (κ3) is 1.75. The van der Waals surface area contributed by atoms with Crippen LogP contribution in [0.25, 0.3) is 0 Å². The Labute approximate surface area is 85.5 Å². The highest BCUT2D eigenvalue weighted by Crippen LogP contribution is 2.32. The first-order valence-corrected chi connectivity index (χ1v) is 4.91. The second-order valence-electron chi connectivity index (χ2n) is 4.12. The fourth-order valence-corrected chi connectivity index (χ4v) is 2.21. The normalized spacial score (nSPS) is 10.8. The van der Waals surface area contributed by atoms with Crippen LogP contribution < -0.4 is 4.89 Å². The van der Waals surface area contributed by atoms with Gasteiger partial charge in [-0.1, -0.05) is 19.9 Å². The van der Waals surface area contributed by atoms with Gasteiger partial charge in [-0.15, -0.1) is 0 Å². The Balaban J connectivity index is 3.44. The van der Waals surface area contributed by atoms with E-state index in [0.717, 1.165) is 11.1 Å². The molecule has 0 heterocycles. The van der Waals surface area contributed by atoms with Crippen LogP contribution in [0.15, 0.2) is 6.07 Å². The predicted molar refractivity (Wildman–Crippen MR) is 58.0 cm³/mol. The summed E-state index contributed by atoms with van der Waals surface area (Å²) in [5.74, 6) is 1.05. The highest BCUT2D eigenvalue weighted by atomic mass is 17.1. The molecule has 0 saturated heterocycles. The quantitative estimate of drug-likeness (QED) is 0.576. The minimum Gasteiger partial charge on any atom is -0.340 e. The van der Waals surface area contributed by atoms with Crippen molar-refractivity contribution in [1.82, 2.24) is 0 Å². The van der Waals surface area contributed by atoms with E-state index in [1.807, 2.05) is 19.9 Å². The van der Waals surface area contributed by atoms with Gasteiger partial charge in [0.2, 0.25) is 0 Å². The average Bonchev–Trinajstić information content (AvgIpc) is 2.02. The molecule has 1 aromatic rings. The van der Waals surface area contributed by atoms with Crippen molar-refractivity contribution in [2.24, 2.45) is 0 Å². The van der Waals surface area contributed by atoms with Gasteiger partial charge in [-0.3, -0.25) is 0 Å². The van der Waals surface area contributed by atoms with E-state index < -0.39 is 0 Å². The lowest BCUT2D eigenvalue weighted by atomic mass is 9.91. The van der Waals surface area contributed by atoms with E-state index in [1.54, 1.807) is 0 Å². The van der Waals surface area contributed by atoms with Crippen LogP contribution in [-0.2, 0) is 0 Å². The molecule has 0 aliphatic carbocycles. The van der Waals surface area contributed by atoms with E-state index in [0.29, 0.717) is 11.7 Å². The molecule has 1 rings (SSSR count). The minimum absolute atomic E-state index is 0.449. The van der Waals surface area contributed by atoms with Crippen LogP contribution in [0.3, 0.4) is 0 Å². The summed E-state index contributed by atoms with van der Waals surface area (Å²) in [6.07, 6.45) is 0. The molecule has 0 fully saturated rings. The topological polar surface area (TPSA) is 29.5 Å². The smallest absolute Gasteiger partial charge is 0.171 e. The third-order valence-corrected chi connectivity index (χ3v) is 2.63. The molecule has 0 aliphatic heterocycles. The number of benzene rings is 1. The Morgan fingerprint density at radius 2 is 1.71 bits per heavy atom. The van der Waals surface area contributed by atoms with Gasteiger partial charge in [-0.25, -0.2) is 5.26 Å². The van der Waals surface area contributed by atoms with E-state index in [-0.39, 0.29) is 0 Å². The molecule has 2 nitrogen and oxygen atoms in total. The predicted octanol–water partition coefficient (Wildman–Crippen LogP) is 3.59. The molecular formula is C12H18O2. The molecule has 0 atom stereocenters.